The van der Waals surface area contributed by atoms with Crippen molar-refractivity contribution in [3.05, 3.63) is 53.6 Å². The normalized spacial score (nSPS) is 17.6. The summed E-state index contributed by atoms with van der Waals surface area (Å²) in [5.74, 6) is 1.72. The largest absolute Gasteiger partial charge is 0.492 e. The van der Waals surface area contributed by atoms with E-state index in [9.17, 15) is 0 Å². The van der Waals surface area contributed by atoms with Crippen molar-refractivity contribution in [1.29, 1.82) is 0 Å². The molecule has 0 fully saturated rings. The summed E-state index contributed by atoms with van der Waals surface area (Å²) in [5.41, 5.74) is 2.93. The topological polar surface area (TPSA) is 42.5 Å². The minimum Gasteiger partial charge on any atom is -0.492 e. The molecule has 138 valence electrons. The molecule has 0 amide bonds. The number of para-hydroxylation sites is 2. The van der Waals surface area contributed by atoms with Crippen molar-refractivity contribution < 1.29 is 9.47 Å². The summed E-state index contributed by atoms with van der Waals surface area (Å²) in [5, 5.41) is 7.29. The van der Waals surface area contributed by atoms with Crippen LogP contribution in [0.15, 0.2) is 42.5 Å². The van der Waals surface area contributed by atoms with Crippen molar-refractivity contribution in [2.24, 2.45) is 0 Å². The van der Waals surface area contributed by atoms with Crippen molar-refractivity contribution in [3.8, 4) is 11.5 Å². The van der Waals surface area contributed by atoms with Gasteiger partial charge in [-0.25, -0.2) is 0 Å². The third-order valence-electron chi connectivity index (χ3n) is 4.37. The second-order valence-electron chi connectivity index (χ2n) is 7.19. The van der Waals surface area contributed by atoms with Crippen molar-refractivity contribution in [1.82, 2.24) is 5.32 Å². The van der Waals surface area contributed by atoms with E-state index in [0.717, 1.165) is 29.2 Å². The average molecular weight is 371 g/mol. The Kier molecular flexibility index (Phi) is 5.37. The summed E-state index contributed by atoms with van der Waals surface area (Å²) in [6, 6.07) is 14.2. The highest BCUT2D eigenvalue weighted by atomic mass is 32.1. The Morgan fingerprint density at radius 1 is 1.27 bits per heavy atom. The van der Waals surface area contributed by atoms with Crippen LogP contribution < -0.4 is 20.1 Å². The van der Waals surface area contributed by atoms with Crippen LogP contribution in [0, 0.1) is 6.92 Å². The fourth-order valence-electron chi connectivity index (χ4n) is 3.26. The number of benzene rings is 2. The molecule has 0 saturated carbocycles. The van der Waals surface area contributed by atoms with Gasteiger partial charge in [0.2, 0.25) is 0 Å². The quantitative estimate of drug-likeness (QED) is 0.743. The van der Waals surface area contributed by atoms with Gasteiger partial charge in [-0.2, -0.15) is 0 Å². The first-order valence-electron chi connectivity index (χ1n) is 8.97. The van der Waals surface area contributed by atoms with E-state index in [2.05, 4.69) is 49.6 Å². The molecule has 1 aliphatic rings. The van der Waals surface area contributed by atoms with Gasteiger partial charge < -0.3 is 20.1 Å². The zero-order valence-electron chi connectivity index (χ0n) is 15.8. The molecule has 0 radical (unpaired) electrons. The van der Waals surface area contributed by atoms with Crippen LogP contribution in [-0.4, -0.2) is 17.3 Å². The highest BCUT2D eigenvalue weighted by Gasteiger charge is 2.34. The summed E-state index contributed by atoms with van der Waals surface area (Å²) in [6.07, 6.45) is 0.831. The molecule has 3 rings (SSSR count). The van der Waals surface area contributed by atoms with E-state index in [1.807, 2.05) is 31.2 Å². The molecule has 1 atom stereocenters. The van der Waals surface area contributed by atoms with Gasteiger partial charge >= 0.3 is 0 Å². The first-order valence-corrected chi connectivity index (χ1v) is 9.38. The summed E-state index contributed by atoms with van der Waals surface area (Å²) >= 11 is 5.57. The van der Waals surface area contributed by atoms with Gasteiger partial charge in [-0.15, -0.1) is 0 Å². The second-order valence-corrected chi connectivity index (χ2v) is 7.60. The van der Waals surface area contributed by atoms with E-state index in [4.69, 9.17) is 21.7 Å². The second kappa shape index (κ2) is 7.54. The number of rotatable bonds is 4. The van der Waals surface area contributed by atoms with E-state index < -0.39 is 0 Å². The Labute approximate surface area is 160 Å². The maximum Gasteiger partial charge on any atom is 0.171 e. The molecule has 2 aromatic rings. The maximum atomic E-state index is 6.16. The zero-order valence-corrected chi connectivity index (χ0v) is 16.6. The molecule has 4 nitrogen and oxygen atoms in total. The van der Waals surface area contributed by atoms with Crippen molar-refractivity contribution in [2.75, 3.05) is 11.9 Å². The average Bonchev–Trinajstić information content (AvgIpc) is 2.55. The molecule has 26 heavy (non-hydrogen) atoms. The smallest absolute Gasteiger partial charge is 0.171 e. The molecule has 0 bridgehead atoms. The summed E-state index contributed by atoms with van der Waals surface area (Å²) in [7, 11) is 0. The van der Waals surface area contributed by atoms with Crippen LogP contribution in [0.2, 0.25) is 0 Å². The summed E-state index contributed by atoms with van der Waals surface area (Å²) < 4.78 is 11.8. The van der Waals surface area contributed by atoms with E-state index >= 15 is 0 Å². The number of hydrogen-bond acceptors (Lipinski definition) is 3. The number of aryl methyl sites for hydroxylation is 1. The standard InChI is InChI=1S/C21H26N2O2S/c1-5-24-18-9-7-6-8-16(18)22-20(26)23-17-13-21(3,4)25-19-12-14(2)10-11-15(17)19/h6-12,17H,5,13H2,1-4H3,(H2,22,23,26)/t17-/m0/s1. The van der Waals surface area contributed by atoms with Crippen molar-refractivity contribution in [2.45, 2.75) is 45.8 Å². The van der Waals surface area contributed by atoms with Gasteiger partial charge in [-0.1, -0.05) is 24.3 Å². The van der Waals surface area contributed by atoms with Gasteiger partial charge in [0.15, 0.2) is 5.11 Å². The number of nitrogens with one attached hydrogen (secondary N) is 2. The van der Waals surface area contributed by atoms with Gasteiger partial charge in [0.25, 0.3) is 0 Å². The Bertz CT molecular complexity index is 804. The lowest BCUT2D eigenvalue weighted by molar-refractivity contribution is 0.0696. The van der Waals surface area contributed by atoms with Gasteiger partial charge in [0.05, 0.1) is 18.3 Å². The number of anilines is 1. The fourth-order valence-corrected chi connectivity index (χ4v) is 3.51. The van der Waals surface area contributed by atoms with E-state index in [1.165, 1.54) is 5.56 Å². The molecular weight excluding hydrogens is 344 g/mol. The first-order chi connectivity index (χ1) is 12.4. The zero-order chi connectivity index (χ0) is 18.7. The van der Waals surface area contributed by atoms with Crippen molar-refractivity contribution >= 4 is 23.0 Å². The number of hydrogen-bond donors (Lipinski definition) is 2. The molecule has 1 aliphatic heterocycles. The molecule has 0 spiro atoms. The highest BCUT2D eigenvalue weighted by molar-refractivity contribution is 7.80. The molecule has 0 aromatic heterocycles. The number of fused-ring (bicyclic) bond motifs is 1. The summed E-state index contributed by atoms with van der Waals surface area (Å²) in [6.45, 7) is 8.86. The van der Waals surface area contributed by atoms with Crippen molar-refractivity contribution in [3.63, 3.8) is 0 Å². The van der Waals surface area contributed by atoms with Gasteiger partial charge in [-0.3, -0.25) is 0 Å². The lowest BCUT2D eigenvalue weighted by Gasteiger charge is -2.38. The number of ether oxygens (including phenoxy) is 2. The Balaban J connectivity index is 1.77. The van der Waals surface area contributed by atoms with Crippen LogP contribution in [0.1, 0.15) is 44.4 Å². The molecule has 2 N–H and O–H groups in total. The lowest BCUT2D eigenvalue weighted by Crippen LogP contribution is -2.42. The predicted octanol–water partition coefficient (Wildman–Crippen LogP) is 4.98. The monoisotopic (exact) mass is 370 g/mol. The minimum atomic E-state index is -0.253. The molecule has 2 aromatic carbocycles. The third-order valence-corrected chi connectivity index (χ3v) is 4.59. The van der Waals surface area contributed by atoms with Crippen LogP contribution >= 0.6 is 12.2 Å². The Morgan fingerprint density at radius 2 is 2.04 bits per heavy atom. The Hall–Kier alpha value is -2.27. The third kappa shape index (κ3) is 4.28. The van der Waals surface area contributed by atoms with Crippen LogP contribution in [0.3, 0.4) is 0 Å². The maximum absolute atomic E-state index is 6.16. The molecule has 0 aliphatic carbocycles. The van der Waals surface area contributed by atoms with Gasteiger partial charge in [-0.05, 0) is 63.7 Å². The first kappa shape index (κ1) is 18.5. The molecule has 5 heteroatoms. The molecule has 0 unspecified atom stereocenters. The van der Waals surface area contributed by atoms with Crippen LogP contribution in [0.4, 0.5) is 5.69 Å². The molecule has 0 saturated heterocycles. The molecule has 1 heterocycles. The fraction of sp³-hybridized carbons (Fsp3) is 0.381. The van der Waals surface area contributed by atoms with Crippen LogP contribution in [-0.2, 0) is 0 Å². The van der Waals surface area contributed by atoms with Gasteiger partial charge in [0, 0.05) is 12.0 Å². The van der Waals surface area contributed by atoms with E-state index in [-0.39, 0.29) is 11.6 Å². The highest BCUT2D eigenvalue weighted by Crippen LogP contribution is 2.40. The van der Waals surface area contributed by atoms with Gasteiger partial charge in [0.1, 0.15) is 17.1 Å². The summed E-state index contributed by atoms with van der Waals surface area (Å²) in [4.78, 5) is 0. The number of thiocarbonyl (C=S) groups is 1. The Morgan fingerprint density at radius 3 is 2.81 bits per heavy atom. The SMILES string of the molecule is CCOc1ccccc1NC(=S)N[C@H]1CC(C)(C)Oc2cc(C)ccc21. The minimum absolute atomic E-state index is 0.0913. The van der Waals surface area contributed by atoms with E-state index in [0.29, 0.717) is 11.7 Å². The van der Waals surface area contributed by atoms with E-state index in [1.54, 1.807) is 0 Å². The molecular formula is C21H26N2O2S. The van der Waals surface area contributed by atoms with Crippen LogP contribution in [0.25, 0.3) is 0 Å². The predicted molar refractivity (Wildman–Crippen MR) is 110 cm³/mol. The lowest BCUT2D eigenvalue weighted by atomic mass is 9.89. The van der Waals surface area contributed by atoms with Crippen LogP contribution in [0.5, 0.6) is 11.5 Å².